The Kier molecular flexibility index (Phi) is 5.43. The van der Waals surface area contributed by atoms with Gasteiger partial charge in [0.2, 0.25) is 0 Å². The van der Waals surface area contributed by atoms with Gasteiger partial charge in [0.1, 0.15) is 0 Å². The van der Waals surface area contributed by atoms with E-state index in [0.717, 1.165) is 41.2 Å². The van der Waals surface area contributed by atoms with E-state index in [1.54, 1.807) is 0 Å². The Bertz CT molecular complexity index is 604. The molecule has 2 aromatic rings. The van der Waals surface area contributed by atoms with Crippen LogP contribution in [0.3, 0.4) is 0 Å². The van der Waals surface area contributed by atoms with Crippen molar-refractivity contribution in [2.75, 3.05) is 6.54 Å². The van der Waals surface area contributed by atoms with Gasteiger partial charge in [0, 0.05) is 30.2 Å². The molecule has 0 amide bonds. The molecule has 1 atom stereocenters. The molecule has 3 nitrogen and oxygen atoms in total. The molecule has 1 aromatic carbocycles. The topological polar surface area (TPSA) is 29.9 Å². The summed E-state index contributed by atoms with van der Waals surface area (Å²) in [6, 6.07) is 8.63. The van der Waals surface area contributed by atoms with Gasteiger partial charge in [-0.25, -0.2) is 0 Å². The molecule has 114 valence electrons. The Morgan fingerprint density at radius 2 is 2.10 bits per heavy atom. The summed E-state index contributed by atoms with van der Waals surface area (Å²) in [5.74, 6) is 0. The van der Waals surface area contributed by atoms with Gasteiger partial charge in [-0.1, -0.05) is 43.6 Å². The van der Waals surface area contributed by atoms with Crippen molar-refractivity contribution in [3.63, 3.8) is 0 Å². The van der Waals surface area contributed by atoms with Crippen LogP contribution in [0.5, 0.6) is 0 Å². The molecule has 0 aliphatic carbocycles. The first-order chi connectivity index (χ1) is 10.1. The quantitative estimate of drug-likeness (QED) is 0.879. The molecule has 4 heteroatoms. The van der Waals surface area contributed by atoms with E-state index >= 15 is 0 Å². The third-order valence-electron chi connectivity index (χ3n) is 3.85. The molecule has 0 aliphatic rings. The van der Waals surface area contributed by atoms with Crippen molar-refractivity contribution in [3.05, 3.63) is 51.8 Å². The largest absolute Gasteiger partial charge is 0.310 e. The monoisotopic (exact) mass is 305 g/mol. The van der Waals surface area contributed by atoms with E-state index in [9.17, 15) is 0 Å². The summed E-state index contributed by atoms with van der Waals surface area (Å²) >= 11 is 6.50. The van der Waals surface area contributed by atoms with Gasteiger partial charge >= 0.3 is 0 Å². The second-order valence-electron chi connectivity index (χ2n) is 5.40. The van der Waals surface area contributed by atoms with E-state index in [2.05, 4.69) is 42.5 Å². The first-order valence-corrected chi connectivity index (χ1v) is 7.94. The molecular weight excluding hydrogens is 282 g/mol. The summed E-state index contributed by atoms with van der Waals surface area (Å²) in [5, 5.41) is 8.94. The second kappa shape index (κ2) is 7.10. The predicted molar refractivity (Wildman–Crippen MR) is 88.9 cm³/mol. The lowest BCUT2D eigenvalue weighted by molar-refractivity contribution is 0.528. The first kappa shape index (κ1) is 16.1. The summed E-state index contributed by atoms with van der Waals surface area (Å²) in [6.07, 6.45) is 1.85. The fourth-order valence-electron chi connectivity index (χ4n) is 2.62. The average Bonchev–Trinajstić information content (AvgIpc) is 2.82. The zero-order valence-corrected chi connectivity index (χ0v) is 14.0. The molecule has 1 aromatic heterocycles. The highest BCUT2D eigenvalue weighted by atomic mass is 35.5. The first-order valence-electron chi connectivity index (χ1n) is 7.57. The van der Waals surface area contributed by atoms with Crippen molar-refractivity contribution in [2.45, 2.75) is 39.7 Å². The Morgan fingerprint density at radius 1 is 1.33 bits per heavy atom. The minimum atomic E-state index is 0.211. The number of hydrogen-bond acceptors (Lipinski definition) is 2. The molecular formula is C17H24ClN3. The fourth-order valence-corrected chi connectivity index (χ4v) is 2.88. The standard InChI is InChI=1S/C17H24ClN3/c1-5-13-10-14(21(4)20-13)11-16(19-6-2)15-9-7-8-12(3)17(15)18/h7-10,16,19H,5-6,11H2,1-4H3. The maximum absolute atomic E-state index is 6.50. The van der Waals surface area contributed by atoms with Crippen LogP contribution in [0.1, 0.15) is 42.4 Å². The highest BCUT2D eigenvalue weighted by Gasteiger charge is 2.17. The number of aromatic nitrogens is 2. The number of nitrogens with one attached hydrogen (secondary N) is 1. The maximum Gasteiger partial charge on any atom is 0.0624 e. The van der Waals surface area contributed by atoms with E-state index in [0.29, 0.717) is 0 Å². The van der Waals surface area contributed by atoms with Gasteiger partial charge < -0.3 is 5.32 Å². The van der Waals surface area contributed by atoms with Crippen LogP contribution in [0.2, 0.25) is 5.02 Å². The molecule has 1 unspecified atom stereocenters. The molecule has 0 saturated carbocycles. The average molecular weight is 306 g/mol. The summed E-state index contributed by atoms with van der Waals surface area (Å²) in [5.41, 5.74) is 4.66. The Labute approximate surface area is 132 Å². The van der Waals surface area contributed by atoms with Crippen LogP contribution in [-0.2, 0) is 19.9 Å². The van der Waals surface area contributed by atoms with Gasteiger partial charge in [-0.05, 0) is 37.1 Å². The van der Waals surface area contributed by atoms with Crippen LogP contribution in [-0.4, -0.2) is 16.3 Å². The molecule has 21 heavy (non-hydrogen) atoms. The molecule has 0 saturated heterocycles. The van der Waals surface area contributed by atoms with Gasteiger partial charge in [-0.3, -0.25) is 4.68 Å². The van der Waals surface area contributed by atoms with Gasteiger partial charge in [-0.15, -0.1) is 0 Å². The lowest BCUT2D eigenvalue weighted by Gasteiger charge is -2.20. The van der Waals surface area contributed by atoms with Gasteiger partial charge in [0.25, 0.3) is 0 Å². The van der Waals surface area contributed by atoms with Crippen LogP contribution in [0.15, 0.2) is 24.3 Å². The molecule has 0 aliphatic heterocycles. The number of hydrogen-bond donors (Lipinski definition) is 1. The number of halogens is 1. The predicted octanol–water partition coefficient (Wildman–Crippen LogP) is 3.84. The van der Waals surface area contributed by atoms with Crippen LogP contribution in [0.4, 0.5) is 0 Å². The van der Waals surface area contributed by atoms with E-state index in [1.807, 2.05) is 24.7 Å². The third-order valence-corrected chi connectivity index (χ3v) is 4.37. The van der Waals surface area contributed by atoms with Crippen molar-refractivity contribution in [1.29, 1.82) is 0 Å². The highest BCUT2D eigenvalue weighted by molar-refractivity contribution is 6.32. The maximum atomic E-state index is 6.50. The van der Waals surface area contributed by atoms with Crippen molar-refractivity contribution in [2.24, 2.45) is 7.05 Å². The highest BCUT2D eigenvalue weighted by Crippen LogP contribution is 2.28. The van der Waals surface area contributed by atoms with Crippen LogP contribution in [0, 0.1) is 6.92 Å². The molecule has 0 radical (unpaired) electrons. The molecule has 0 bridgehead atoms. The van der Waals surface area contributed by atoms with E-state index in [4.69, 9.17) is 11.6 Å². The number of benzene rings is 1. The lowest BCUT2D eigenvalue weighted by Crippen LogP contribution is -2.24. The zero-order chi connectivity index (χ0) is 15.4. The normalized spacial score (nSPS) is 12.6. The van der Waals surface area contributed by atoms with Crippen molar-refractivity contribution in [3.8, 4) is 0 Å². The number of rotatable bonds is 6. The lowest BCUT2D eigenvalue weighted by atomic mass is 9.99. The number of aryl methyl sites for hydroxylation is 3. The number of likely N-dealkylation sites (N-methyl/N-ethyl adjacent to an activating group) is 1. The Hall–Kier alpha value is -1.32. The Balaban J connectivity index is 2.30. The van der Waals surface area contributed by atoms with Gasteiger partial charge in [0.05, 0.1) is 5.69 Å². The van der Waals surface area contributed by atoms with E-state index in [1.165, 1.54) is 5.69 Å². The SMILES string of the molecule is CCNC(Cc1cc(CC)nn1C)c1cccc(C)c1Cl. The van der Waals surface area contributed by atoms with Gasteiger partial charge in [-0.2, -0.15) is 5.10 Å². The number of nitrogens with zero attached hydrogens (tertiary/aromatic N) is 2. The molecule has 0 spiro atoms. The van der Waals surface area contributed by atoms with Crippen LogP contribution < -0.4 is 5.32 Å². The molecule has 2 rings (SSSR count). The van der Waals surface area contributed by atoms with Crippen LogP contribution >= 0.6 is 11.6 Å². The summed E-state index contributed by atoms with van der Waals surface area (Å²) in [6.45, 7) is 7.21. The summed E-state index contributed by atoms with van der Waals surface area (Å²) < 4.78 is 1.98. The zero-order valence-electron chi connectivity index (χ0n) is 13.3. The summed E-state index contributed by atoms with van der Waals surface area (Å²) in [4.78, 5) is 0. The third kappa shape index (κ3) is 3.66. The minimum absolute atomic E-state index is 0.211. The van der Waals surface area contributed by atoms with Crippen molar-refractivity contribution >= 4 is 11.6 Å². The van der Waals surface area contributed by atoms with E-state index in [-0.39, 0.29) is 6.04 Å². The molecule has 1 heterocycles. The van der Waals surface area contributed by atoms with E-state index < -0.39 is 0 Å². The van der Waals surface area contributed by atoms with Crippen LogP contribution in [0.25, 0.3) is 0 Å². The second-order valence-corrected chi connectivity index (χ2v) is 5.77. The summed E-state index contributed by atoms with van der Waals surface area (Å²) in [7, 11) is 2.01. The molecule has 0 fully saturated rings. The van der Waals surface area contributed by atoms with Crippen molar-refractivity contribution in [1.82, 2.24) is 15.1 Å². The molecule has 1 N–H and O–H groups in total. The fraction of sp³-hybridized carbons (Fsp3) is 0.471. The smallest absolute Gasteiger partial charge is 0.0624 e. The van der Waals surface area contributed by atoms with Crippen molar-refractivity contribution < 1.29 is 0 Å². The minimum Gasteiger partial charge on any atom is -0.310 e. The Morgan fingerprint density at radius 3 is 2.71 bits per heavy atom. The van der Waals surface area contributed by atoms with Gasteiger partial charge in [0.15, 0.2) is 0 Å².